The van der Waals surface area contributed by atoms with E-state index in [9.17, 15) is 13.2 Å². The van der Waals surface area contributed by atoms with Crippen molar-refractivity contribution in [3.05, 3.63) is 0 Å². The molecule has 0 radical (unpaired) electrons. The largest absolute Gasteiger partial charge is 0.378 e. The number of amides is 1. The van der Waals surface area contributed by atoms with Crippen LogP contribution in [0.25, 0.3) is 0 Å². The van der Waals surface area contributed by atoms with Crippen molar-refractivity contribution in [1.29, 1.82) is 0 Å². The number of morpholine rings is 1. The van der Waals surface area contributed by atoms with E-state index in [4.69, 9.17) is 4.74 Å². The Morgan fingerprint density at radius 2 is 2.17 bits per heavy atom. The average molecular weight is 278 g/mol. The quantitative estimate of drug-likeness (QED) is 0.756. The van der Waals surface area contributed by atoms with Crippen LogP contribution in [0, 0.1) is 5.92 Å². The van der Waals surface area contributed by atoms with Crippen LogP contribution < -0.4 is 5.32 Å². The Hall–Kier alpha value is -0.660. The lowest BCUT2D eigenvalue weighted by Gasteiger charge is -2.32. The molecule has 0 aromatic rings. The van der Waals surface area contributed by atoms with Gasteiger partial charge in [-0.15, -0.1) is 0 Å². The monoisotopic (exact) mass is 278 g/mol. The van der Waals surface area contributed by atoms with Crippen LogP contribution in [0.4, 0.5) is 0 Å². The van der Waals surface area contributed by atoms with Gasteiger partial charge in [0.2, 0.25) is 15.9 Å². The molecule has 18 heavy (non-hydrogen) atoms. The van der Waals surface area contributed by atoms with Gasteiger partial charge < -0.3 is 10.1 Å². The zero-order valence-electron chi connectivity index (χ0n) is 11.2. The van der Waals surface area contributed by atoms with E-state index in [1.165, 1.54) is 4.31 Å². The molecule has 1 aliphatic heterocycles. The summed E-state index contributed by atoms with van der Waals surface area (Å²) in [5, 5.41) is 2.62. The lowest BCUT2D eigenvalue weighted by molar-refractivity contribution is -0.123. The average Bonchev–Trinajstić information content (AvgIpc) is 2.28. The Balaban J connectivity index is 2.46. The summed E-state index contributed by atoms with van der Waals surface area (Å²) in [5.41, 5.74) is 0. The van der Waals surface area contributed by atoms with Gasteiger partial charge in [-0.1, -0.05) is 13.8 Å². The van der Waals surface area contributed by atoms with E-state index in [1.807, 2.05) is 6.92 Å². The Bertz CT molecular complexity index is 381. The standard InChI is InChI=1S/C11H22N2O4S/c1-9(2)11(14)12-4-7-18(15,16)13-5-6-17-8-10(13)3/h9-10H,4-8H2,1-3H3,(H,12,14). The summed E-state index contributed by atoms with van der Waals surface area (Å²) in [4.78, 5) is 11.3. The van der Waals surface area contributed by atoms with Gasteiger partial charge >= 0.3 is 0 Å². The fourth-order valence-electron chi connectivity index (χ4n) is 1.75. The van der Waals surface area contributed by atoms with E-state index in [0.29, 0.717) is 19.8 Å². The number of rotatable bonds is 5. The summed E-state index contributed by atoms with van der Waals surface area (Å²) >= 11 is 0. The summed E-state index contributed by atoms with van der Waals surface area (Å²) in [6.45, 7) is 6.77. The third-order valence-corrected chi connectivity index (χ3v) is 4.82. The third-order valence-electron chi connectivity index (χ3n) is 2.85. The fourth-order valence-corrected chi connectivity index (χ4v) is 3.31. The molecule has 1 unspecified atom stereocenters. The van der Waals surface area contributed by atoms with Crippen molar-refractivity contribution >= 4 is 15.9 Å². The van der Waals surface area contributed by atoms with Crippen LogP contribution in [0.15, 0.2) is 0 Å². The summed E-state index contributed by atoms with van der Waals surface area (Å²) in [7, 11) is -3.32. The number of carbonyl (C=O) groups is 1. The fraction of sp³-hybridized carbons (Fsp3) is 0.909. The maximum absolute atomic E-state index is 12.1. The van der Waals surface area contributed by atoms with Crippen molar-refractivity contribution in [1.82, 2.24) is 9.62 Å². The van der Waals surface area contributed by atoms with Crippen molar-refractivity contribution in [2.45, 2.75) is 26.8 Å². The van der Waals surface area contributed by atoms with Crippen molar-refractivity contribution < 1.29 is 17.9 Å². The Kier molecular flexibility index (Phi) is 5.55. The number of hydrogen-bond donors (Lipinski definition) is 1. The van der Waals surface area contributed by atoms with Gasteiger partial charge in [-0.05, 0) is 6.92 Å². The van der Waals surface area contributed by atoms with E-state index >= 15 is 0 Å². The molecular weight excluding hydrogens is 256 g/mol. The lowest BCUT2D eigenvalue weighted by Crippen LogP contribution is -2.49. The van der Waals surface area contributed by atoms with Crippen molar-refractivity contribution in [2.24, 2.45) is 5.92 Å². The molecule has 1 rings (SSSR count). The van der Waals surface area contributed by atoms with Crippen LogP contribution in [-0.4, -0.2) is 56.7 Å². The molecule has 1 amide bonds. The first-order chi connectivity index (χ1) is 8.34. The smallest absolute Gasteiger partial charge is 0.222 e. The summed E-state index contributed by atoms with van der Waals surface area (Å²) in [6.07, 6.45) is 0. The number of hydrogen-bond acceptors (Lipinski definition) is 4. The molecule has 0 aliphatic carbocycles. The SMILES string of the molecule is CC(C)C(=O)NCCS(=O)(=O)N1CCOCC1C. The minimum Gasteiger partial charge on any atom is -0.378 e. The van der Waals surface area contributed by atoms with E-state index in [0.717, 1.165) is 0 Å². The summed E-state index contributed by atoms with van der Waals surface area (Å²) in [5.74, 6) is -0.314. The van der Waals surface area contributed by atoms with Crippen LogP contribution >= 0.6 is 0 Å². The molecule has 1 N–H and O–H groups in total. The van der Waals surface area contributed by atoms with E-state index < -0.39 is 10.0 Å². The molecular formula is C11H22N2O4S. The number of nitrogens with zero attached hydrogens (tertiary/aromatic N) is 1. The first kappa shape index (κ1) is 15.4. The molecule has 1 fully saturated rings. The molecule has 1 saturated heterocycles. The highest BCUT2D eigenvalue weighted by atomic mass is 32.2. The minimum atomic E-state index is -3.32. The number of carbonyl (C=O) groups excluding carboxylic acids is 1. The molecule has 1 atom stereocenters. The first-order valence-corrected chi connectivity index (χ1v) is 7.80. The Morgan fingerprint density at radius 3 is 2.72 bits per heavy atom. The normalized spacial score (nSPS) is 22.1. The van der Waals surface area contributed by atoms with Crippen molar-refractivity contribution in [2.75, 3.05) is 32.1 Å². The third kappa shape index (κ3) is 4.22. The minimum absolute atomic E-state index is 0.0597. The molecule has 0 aromatic carbocycles. The molecule has 6 nitrogen and oxygen atoms in total. The van der Waals surface area contributed by atoms with Crippen LogP contribution in [0.1, 0.15) is 20.8 Å². The second-order valence-corrected chi connectivity index (χ2v) is 6.84. The molecule has 1 heterocycles. The highest BCUT2D eigenvalue weighted by molar-refractivity contribution is 7.89. The number of nitrogens with one attached hydrogen (secondary N) is 1. The highest BCUT2D eigenvalue weighted by Crippen LogP contribution is 2.12. The first-order valence-electron chi connectivity index (χ1n) is 6.19. The van der Waals surface area contributed by atoms with Crippen LogP contribution in [0.3, 0.4) is 0 Å². The topological polar surface area (TPSA) is 75.7 Å². The number of sulfonamides is 1. The molecule has 1 aliphatic rings. The molecule has 7 heteroatoms. The maximum atomic E-state index is 12.1. The molecule has 0 spiro atoms. The predicted octanol–water partition coefficient (Wildman–Crippen LogP) is -0.191. The number of ether oxygens (including phenoxy) is 1. The van der Waals surface area contributed by atoms with Crippen LogP contribution in [0.2, 0.25) is 0 Å². The molecule has 0 aromatic heterocycles. The predicted molar refractivity (Wildman–Crippen MR) is 68.6 cm³/mol. The molecule has 0 bridgehead atoms. The van der Waals surface area contributed by atoms with E-state index in [2.05, 4.69) is 5.32 Å². The van der Waals surface area contributed by atoms with Crippen molar-refractivity contribution in [3.63, 3.8) is 0 Å². The Morgan fingerprint density at radius 1 is 1.50 bits per heavy atom. The van der Waals surface area contributed by atoms with Gasteiger partial charge in [0.25, 0.3) is 0 Å². The van der Waals surface area contributed by atoms with Gasteiger partial charge in [0.15, 0.2) is 0 Å². The highest BCUT2D eigenvalue weighted by Gasteiger charge is 2.29. The van der Waals surface area contributed by atoms with Gasteiger partial charge in [0, 0.05) is 25.0 Å². The second-order valence-electron chi connectivity index (χ2n) is 4.80. The summed E-state index contributed by atoms with van der Waals surface area (Å²) < 4.78 is 30.8. The second kappa shape index (κ2) is 6.49. The molecule has 0 saturated carbocycles. The lowest BCUT2D eigenvalue weighted by atomic mass is 10.2. The van der Waals surface area contributed by atoms with E-state index in [-0.39, 0.29) is 30.2 Å². The van der Waals surface area contributed by atoms with Crippen LogP contribution in [0.5, 0.6) is 0 Å². The van der Waals surface area contributed by atoms with Crippen molar-refractivity contribution in [3.8, 4) is 0 Å². The molecule has 106 valence electrons. The zero-order valence-corrected chi connectivity index (χ0v) is 12.0. The van der Waals surface area contributed by atoms with Gasteiger partial charge in [0.05, 0.1) is 19.0 Å². The summed E-state index contributed by atoms with van der Waals surface area (Å²) in [6, 6.07) is -0.135. The van der Waals surface area contributed by atoms with Gasteiger partial charge in [-0.3, -0.25) is 4.79 Å². The van der Waals surface area contributed by atoms with Gasteiger partial charge in [-0.25, -0.2) is 8.42 Å². The zero-order chi connectivity index (χ0) is 13.8. The van der Waals surface area contributed by atoms with Gasteiger partial charge in [-0.2, -0.15) is 4.31 Å². The Labute approximate surface area is 109 Å². The van der Waals surface area contributed by atoms with Gasteiger partial charge in [0.1, 0.15) is 0 Å². The maximum Gasteiger partial charge on any atom is 0.222 e. The van der Waals surface area contributed by atoms with Crippen LogP contribution in [-0.2, 0) is 19.6 Å². The van der Waals surface area contributed by atoms with E-state index in [1.54, 1.807) is 13.8 Å².